The number of nitrogens with zero attached hydrogens (tertiary/aromatic N) is 2. The summed E-state index contributed by atoms with van der Waals surface area (Å²) in [6.07, 6.45) is 0. The third-order valence-corrected chi connectivity index (χ3v) is 1.88. The number of methoxy groups -OCH3 is 1. The van der Waals surface area contributed by atoms with Crippen LogP contribution in [0.2, 0.25) is 5.02 Å². The van der Waals surface area contributed by atoms with Gasteiger partial charge in [-0.25, -0.2) is 0 Å². The fourth-order valence-electron chi connectivity index (χ4n) is 0.940. The Morgan fingerprint density at radius 3 is 2.71 bits per heavy atom. The van der Waals surface area contributed by atoms with Crippen LogP contribution >= 0.6 is 11.6 Å². The van der Waals surface area contributed by atoms with Gasteiger partial charge in [0.15, 0.2) is 0 Å². The Labute approximate surface area is 84.6 Å². The predicted molar refractivity (Wildman–Crippen MR) is 49.4 cm³/mol. The van der Waals surface area contributed by atoms with Gasteiger partial charge in [0.25, 0.3) is 5.69 Å². The number of benzene rings is 1. The number of ether oxygens (including phenoxy) is 1. The van der Waals surface area contributed by atoms with Crippen molar-refractivity contribution in [2.24, 2.45) is 0 Å². The summed E-state index contributed by atoms with van der Waals surface area (Å²) >= 11 is 5.66. The monoisotopic (exact) mass is 212 g/mol. The third kappa shape index (κ3) is 1.75. The Morgan fingerprint density at radius 1 is 1.64 bits per heavy atom. The van der Waals surface area contributed by atoms with Gasteiger partial charge in [-0.1, -0.05) is 11.6 Å². The number of hydrogen-bond donors (Lipinski definition) is 0. The van der Waals surface area contributed by atoms with E-state index in [4.69, 9.17) is 21.6 Å². The molecule has 1 aromatic carbocycles. The van der Waals surface area contributed by atoms with E-state index >= 15 is 0 Å². The number of hydrogen-bond acceptors (Lipinski definition) is 4. The number of halogens is 1. The maximum absolute atomic E-state index is 10.5. The van der Waals surface area contributed by atoms with Gasteiger partial charge in [0.2, 0.25) is 0 Å². The van der Waals surface area contributed by atoms with E-state index in [1.165, 1.54) is 13.2 Å². The van der Waals surface area contributed by atoms with Crippen LogP contribution in [0.5, 0.6) is 5.75 Å². The van der Waals surface area contributed by atoms with Crippen LogP contribution in [0.25, 0.3) is 0 Å². The highest BCUT2D eigenvalue weighted by atomic mass is 35.5. The first-order valence-corrected chi connectivity index (χ1v) is 3.90. The highest BCUT2D eigenvalue weighted by Crippen LogP contribution is 2.31. The van der Waals surface area contributed by atoms with Gasteiger partial charge in [-0.05, 0) is 0 Å². The van der Waals surface area contributed by atoms with E-state index in [2.05, 4.69) is 0 Å². The first-order chi connectivity index (χ1) is 6.60. The summed E-state index contributed by atoms with van der Waals surface area (Å²) < 4.78 is 4.82. The second kappa shape index (κ2) is 3.94. The van der Waals surface area contributed by atoms with Crippen molar-refractivity contribution >= 4 is 17.3 Å². The summed E-state index contributed by atoms with van der Waals surface area (Å²) in [5.74, 6) is 0.244. The minimum absolute atomic E-state index is 0.0729. The summed E-state index contributed by atoms with van der Waals surface area (Å²) in [4.78, 5) is 9.82. The lowest BCUT2D eigenvalue weighted by Gasteiger charge is -2.02. The van der Waals surface area contributed by atoms with Gasteiger partial charge >= 0.3 is 0 Å². The van der Waals surface area contributed by atoms with Crippen LogP contribution in [0.15, 0.2) is 12.1 Å². The van der Waals surface area contributed by atoms with Crippen LogP contribution in [0.1, 0.15) is 5.56 Å². The maximum atomic E-state index is 10.5. The largest absolute Gasteiger partial charge is 0.495 e. The average molecular weight is 213 g/mol. The summed E-state index contributed by atoms with van der Waals surface area (Å²) in [7, 11) is 1.37. The molecule has 5 nitrogen and oxygen atoms in total. The fourth-order valence-corrected chi connectivity index (χ4v) is 1.17. The van der Waals surface area contributed by atoms with E-state index in [0.29, 0.717) is 0 Å². The molecule has 6 heteroatoms. The second-order valence-corrected chi connectivity index (χ2v) is 2.78. The number of nitriles is 1. The molecule has 0 bridgehead atoms. The second-order valence-electron chi connectivity index (χ2n) is 2.37. The molecule has 0 atom stereocenters. The van der Waals surface area contributed by atoms with Crippen LogP contribution in [-0.4, -0.2) is 12.0 Å². The molecule has 0 unspecified atom stereocenters. The maximum Gasteiger partial charge on any atom is 0.288 e. The molecule has 0 radical (unpaired) electrons. The van der Waals surface area contributed by atoms with Gasteiger partial charge in [-0.3, -0.25) is 10.1 Å². The smallest absolute Gasteiger partial charge is 0.288 e. The van der Waals surface area contributed by atoms with Crippen LogP contribution in [0.3, 0.4) is 0 Å². The quantitative estimate of drug-likeness (QED) is 0.556. The number of nitro benzene ring substituents is 1. The lowest BCUT2D eigenvalue weighted by Crippen LogP contribution is -1.94. The predicted octanol–water partition coefficient (Wildman–Crippen LogP) is 2.13. The zero-order valence-electron chi connectivity index (χ0n) is 7.15. The molecule has 0 aliphatic carbocycles. The minimum Gasteiger partial charge on any atom is -0.495 e. The summed E-state index contributed by atoms with van der Waals surface area (Å²) in [5, 5.41) is 19.2. The van der Waals surface area contributed by atoms with E-state index in [0.717, 1.165) is 6.07 Å². The molecule has 0 spiro atoms. The number of nitro groups is 1. The molecule has 0 N–H and O–H groups in total. The van der Waals surface area contributed by atoms with Crippen molar-refractivity contribution in [2.45, 2.75) is 0 Å². The molecule has 0 aliphatic rings. The molecule has 0 saturated heterocycles. The molecular weight excluding hydrogens is 208 g/mol. The van der Waals surface area contributed by atoms with Gasteiger partial charge < -0.3 is 4.74 Å². The fraction of sp³-hybridized carbons (Fsp3) is 0.125. The van der Waals surface area contributed by atoms with Gasteiger partial charge in [0.05, 0.1) is 17.1 Å². The zero-order chi connectivity index (χ0) is 10.7. The van der Waals surface area contributed by atoms with Gasteiger partial charge in [-0.2, -0.15) is 5.26 Å². The van der Waals surface area contributed by atoms with E-state index in [1.54, 1.807) is 6.07 Å². The van der Waals surface area contributed by atoms with Gasteiger partial charge in [0.1, 0.15) is 17.4 Å². The van der Waals surface area contributed by atoms with Crippen LogP contribution < -0.4 is 4.74 Å². The van der Waals surface area contributed by atoms with Crippen LogP contribution in [0.4, 0.5) is 5.69 Å². The van der Waals surface area contributed by atoms with E-state index in [1.807, 2.05) is 0 Å². The van der Waals surface area contributed by atoms with Crippen molar-refractivity contribution in [1.82, 2.24) is 0 Å². The van der Waals surface area contributed by atoms with Crippen molar-refractivity contribution < 1.29 is 9.66 Å². The molecule has 1 aromatic rings. The lowest BCUT2D eigenvalue weighted by atomic mass is 10.2. The molecule has 0 aromatic heterocycles. The minimum atomic E-state index is -0.663. The van der Waals surface area contributed by atoms with Crippen molar-refractivity contribution in [2.75, 3.05) is 7.11 Å². The topological polar surface area (TPSA) is 76.2 Å². The Morgan fingerprint density at radius 2 is 2.29 bits per heavy atom. The molecule has 1 rings (SSSR count). The zero-order valence-corrected chi connectivity index (χ0v) is 7.91. The Kier molecular flexibility index (Phi) is 2.89. The van der Waals surface area contributed by atoms with Crippen LogP contribution in [-0.2, 0) is 0 Å². The average Bonchev–Trinajstić information content (AvgIpc) is 2.17. The lowest BCUT2D eigenvalue weighted by molar-refractivity contribution is -0.385. The molecule has 0 aliphatic heterocycles. The van der Waals surface area contributed by atoms with Gasteiger partial charge in [-0.15, -0.1) is 0 Å². The van der Waals surface area contributed by atoms with Crippen molar-refractivity contribution in [3.8, 4) is 11.8 Å². The first kappa shape index (κ1) is 10.3. The summed E-state index contributed by atoms with van der Waals surface area (Å²) in [5.41, 5.74) is -0.394. The van der Waals surface area contributed by atoms with E-state index in [-0.39, 0.29) is 22.0 Å². The third-order valence-electron chi connectivity index (χ3n) is 1.59. The van der Waals surface area contributed by atoms with Crippen molar-refractivity contribution in [3.05, 3.63) is 32.8 Å². The van der Waals surface area contributed by atoms with E-state index in [9.17, 15) is 10.1 Å². The SMILES string of the molecule is COc1cc(C#N)c([N+](=O)[O-])cc1Cl. The Bertz CT molecular complexity index is 425. The normalized spacial score (nSPS) is 9.21. The summed E-state index contributed by atoms with van der Waals surface area (Å²) in [6, 6.07) is 4.03. The van der Waals surface area contributed by atoms with Gasteiger partial charge in [0, 0.05) is 12.1 Å². The first-order valence-electron chi connectivity index (χ1n) is 3.52. The highest BCUT2D eigenvalue weighted by Gasteiger charge is 2.17. The van der Waals surface area contributed by atoms with Crippen molar-refractivity contribution in [1.29, 1.82) is 5.26 Å². The summed E-state index contributed by atoms with van der Waals surface area (Å²) in [6.45, 7) is 0. The van der Waals surface area contributed by atoms with E-state index < -0.39 is 4.92 Å². The number of rotatable bonds is 2. The Balaban J connectivity index is 3.41. The molecule has 14 heavy (non-hydrogen) atoms. The van der Waals surface area contributed by atoms with Crippen LogP contribution in [0, 0.1) is 21.4 Å². The molecule has 0 fully saturated rings. The molecule has 72 valence electrons. The van der Waals surface area contributed by atoms with Crippen molar-refractivity contribution in [3.63, 3.8) is 0 Å². The standard InChI is InChI=1S/C8H5ClN2O3/c1-14-8-2-5(4-10)7(11(12)13)3-6(8)9/h2-3H,1H3. The Hall–Kier alpha value is -1.80. The molecule has 0 saturated carbocycles. The highest BCUT2D eigenvalue weighted by molar-refractivity contribution is 6.32. The molecule has 0 heterocycles. The molecule has 0 amide bonds. The molecular formula is C8H5ClN2O3.